The van der Waals surface area contributed by atoms with Gasteiger partial charge in [-0.15, -0.1) is 0 Å². The molecule has 0 saturated carbocycles. The highest BCUT2D eigenvalue weighted by atomic mass is 35.5. The van der Waals surface area contributed by atoms with Gasteiger partial charge in [0.1, 0.15) is 4.90 Å². The lowest BCUT2D eigenvalue weighted by Gasteiger charge is -2.29. The second kappa shape index (κ2) is 7.26. The number of hydrogen-bond donors (Lipinski definition) is 1. The number of nitrogens with zero attached hydrogens (tertiary/aromatic N) is 2. The number of sulfonamides is 1. The Morgan fingerprint density at radius 2 is 1.95 bits per heavy atom. The molecule has 1 heterocycles. The summed E-state index contributed by atoms with van der Waals surface area (Å²) in [6.07, 6.45) is 0. The fraction of sp³-hybridized carbons (Fsp3) is 0.538. The molecular formula is C13H19Cl2N3O2S. The zero-order valence-corrected chi connectivity index (χ0v) is 14.2. The van der Waals surface area contributed by atoms with E-state index in [0.29, 0.717) is 13.1 Å². The summed E-state index contributed by atoms with van der Waals surface area (Å²) in [6.45, 7) is 4.88. The van der Waals surface area contributed by atoms with Gasteiger partial charge in [0, 0.05) is 46.3 Å². The van der Waals surface area contributed by atoms with Crippen LogP contribution in [0.25, 0.3) is 0 Å². The Balaban J connectivity index is 2.06. The largest absolute Gasteiger partial charge is 0.314 e. The van der Waals surface area contributed by atoms with E-state index >= 15 is 0 Å². The smallest absolute Gasteiger partial charge is 0.244 e. The van der Waals surface area contributed by atoms with Crippen molar-refractivity contribution in [2.45, 2.75) is 4.90 Å². The van der Waals surface area contributed by atoms with E-state index in [0.717, 1.165) is 26.2 Å². The minimum Gasteiger partial charge on any atom is -0.314 e. The number of hydrogen-bond acceptors (Lipinski definition) is 4. The maximum absolute atomic E-state index is 12.5. The van der Waals surface area contributed by atoms with E-state index in [1.54, 1.807) is 19.2 Å². The SMILES string of the molecule is CN(CCN1CCNCC1)S(=O)(=O)c1cccc(Cl)c1Cl. The van der Waals surface area contributed by atoms with E-state index in [1.807, 2.05) is 0 Å². The quantitative estimate of drug-likeness (QED) is 0.873. The predicted molar refractivity (Wildman–Crippen MR) is 85.6 cm³/mol. The van der Waals surface area contributed by atoms with Crippen LogP contribution in [0.15, 0.2) is 23.1 Å². The van der Waals surface area contributed by atoms with Gasteiger partial charge in [-0.05, 0) is 12.1 Å². The molecule has 1 aliphatic heterocycles. The van der Waals surface area contributed by atoms with Crippen molar-refractivity contribution in [2.24, 2.45) is 0 Å². The third kappa shape index (κ3) is 4.09. The molecule has 1 fully saturated rings. The second-order valence-corrected chi connectivity index (χ2v) is 7.77. The van der Waals surface area contributed by atoms with Crippen molar-refractivity contribution in [1.29, 1.82) is 0 Å². The predicted octanol–water partition coefficient (Wildman–Crippen LogP) is 1.52. The lowest BCUT2D eigenvalue weighted by Crippen LogP contribution is -2.46. The summed E-state index contributed by atoms with van der Waals surface area (Å²) in [6, 6.07) is 4.64. The van der Waals surface area contributed by atoms with E-state index in [-0.39, 0.29) is 14.9 Å². The molecule has 21 heavy (non-hydrogen) atoms. The van der Waals surface area contributed by atoms with Gasteiger partial charge in [0.05, 0.1) is 10.0 Å². The van der Waals surface area contributed by atoms with Crippen LogP contribution in [-0.2, 0) is 10.0 Å². The van der Waals surface area contributed by atoms with Crippen LogP contribution in [0.1, 0.15) is 0 Å². The van der Waals surface area contributed by atoms with Crippen molar-refractivity contribution >= 4 is 33.2 Å². The zero-order chi connectivity index (χ0) is 15.5. The minimum absolute atomic E-state index is 0.0551. The average Bonchev–Trinajstić information content (AvgIpc) is 2.48. The van der Waals surface area contributed by atoms with Crippen molar-refractivity contribution in [2.75, 3.05) is 46.3 Å². The Kier molecular flexibility index (Phi) is 5.88. The van der Waals surface area contributed by atoms with Crippen LogP contribution in [0.3, 0.4) is 0 Å². The Morgan fingerprint density at radius 3 is 2.62 bits per heavy atom. The van der Waals surface area contributed by atoms with Crippen molar-refractivity contribution in [3.8, 4) is 0 Å². The van der Waals surface area contributed by atoms with Gasteiger partial charge in [-0.3, -0.25) is 4.90 Å². The van der Waals surface area contributed by atoms with Crippen LogP contribution in [0.2, 0.25) is 10.0 Å². The summed E-state index contributed by atoms with van der Waals surface area (Å²) in [7, 11) is -2.05. The lowest BCUT2D eigenvalue weighted by atomic mass is 10.3. The normalized spacial score (nSPS) is 17.3. The van der Waals surface area contributed by atoms with E-state index < -0.39 is 10.0 Å². The maximum Gasteiger partial charge on any atom is 0.244 e. The van der Waals surface area contributed by atoms with Gasteiger partial charge in [0.15, 0.2) is 0 Å². The van der Waals surface area contributed by atoms with E-state index in [9.17, 15) is 8.42 Å². The number of nitrogens with one attached hydrogen (secondary N) is 1. The van der Waals surface area contributed by atoms with Gasteiger partial charge in [-0.1, -0.05) is 29.3 Å². The van der Waals surface area contributed by atoms with Gasteiger partial charge < -0.3 is 5.32 Å². The van der Waals surface area contributed by atoms with Crippen LogP contribution < -0.4 is 5.32 Å². The van der Waals surface area contributed by atoms with Gasteiger partial charge in [-0.2, -0.15) is 4.31 Å². The third-order valence-electron chi connectivity index (χ3n) is 3.55. The molecular weight excluding hydrogens is 333 g/mol. The summed E-state index contributed by atoms with van der Waals surface area (Å²) in [5.41, 5.74) is 0. The van der Waals surface area contributed by atoms with Crippen molar-refractivity contribution in [1.82, 2.24) is 14.5 Å². The number of rotatable bonds is 5. The number of benzene rings is 1. The first-order valence-electron chi connectivity index (χ1n) is 6.76. The van der Waals surface area contributed by atoms with Crippen LogP contribution in [0.5, 0.6) is 0 Å². The molecule has 1 aromatic rings. The van der Waals surface area contributed by atoms with Crippen LogP contribution in [0, 0.1) is 0 Å². The van der Waals surface area contributed by atoms with Crippen molar-refractivity contribution in [3.63, 3.8) is 0 Å². The van der Waals surface area contributed by atoms with Gasteiger partial charge >= 0.3 is 0 Å². The van der Waals surface area contributed by atoms with Crippen molar-refractivity contribution < 1.29 is 8.42 Å². The summed E-state index contributed by atoms with van der Waals surface area (Å²) >= 11 is 11.9. The van der Waals surface area contributed by atoms with Gasteiger partial charge in [-0.25, -0.2) is 8.42 Å². The van der Waals surface area contributed by atoms with Crippen LogP contribution in [-0.4, -0.2) is 63.9 Å². The highest BCUT2D eigenvalue weighted by molar-refractivity contribution is 7.89. The Labute approximate surface area is 135 Å². The Morgan fingerprint density at radius 1 is 1.29 bits per heavy atom. The van der Waals surface area contributed by atoms with E-state index in [4.69, 9.17) is 23.2 Å². The molecule has 118 valence electrons. The molecule has 1 saturated heterocycles. The lowest BCUT2D eigenvalue weighted by molar-refractivity contribution is 0.229. The molecule has 0 unspecified atom stereocenters. The first-order chi connectivity index (χ1) is 9.93. The summed E-state index contributed by atoms with van der Waals surface area (Å²) < 4.78 is 26.4. The number of piperazine rings is 1. The fourth-order valence-electron chi connectivity index (χ4n) is 2.19. The molecule has 0 aromatic heterocycles. The molecule has 1 aromatic carbocycles. The first-order valence-corrected chi connectivity index (χ1v) is 8.96. The van der Waals surface area contributed by atoms with Gasteiger partial charge in [0.2, 0.25) is 10.0 Å². The molecule has 0 amide bonds. The number of likely N-dealkylation sites (N-methyl/N-ethyl adjacent to an activating group) is 1. The Hall–Kier alpha value is -0.370. The fourth-order valence-corrected chi connectivity index (χ4v) is 4.08. The highest BCUT2D eigenvalue weighted by Crippen LogP contribution is 2.30. The van der Waals surface area contributed by atoms with Gasteiger partial charge in [0.25, 0.3) is 0 Å². The second-order valence-electron chi connectivity index (χ2n) is 4.97. The van der Waals surface area contributed by atoms with E-state index in [1.165, 1.54) is 10.4 Å². The van der Waals surface area contributed by atoms with Crippen LogP contribution in [0.4, 0.5) is 0 Å². The topological polar surface area (TPSA) is 52.6 Å². The monoisotopic (exact) mass is 351 g/mol. The standard InChI is InChI=1S/C13H19Cl2N3O2S/c1-17(9-10-18-7-5-16-6-8-18)21(19,20)12-4-2-3-11(14)13(12)15/h2-4,16H,5-10H2,1H3. The average molecular weight is 352 g/mol. The molecule has 0 bridgehead atoms. The molecule has 1 aliphatic rings. The van der Waals surface area contributed by atoms with Crippen LogP contribution >= 0.6 is 23.2 Å². The maximum atomic E-state index is 12.5. The minimum atomic E-state index is -3.62. The summed E-state index contributed by atoms with van der Waals surface area (Å²) in [5, 5.41) is 3.59. The zero-order valence-electron chi connectivity index (χ0n) is 11.8. The molecule has 0 spiro atoms. The molecule has 2 rings (SSSR count). The first kappa shape index (κ1) is 17.0. The highest BCUT2D eigenvalue weighted by Gasteiger charge is 2.25. The molecule has 1 N–H and O–H groups in total. The molecule has 0 atom stereocenters. The Bertz CT molecular complexity index is 589. The number of halogens is 2. The summed E-state index contributed by atoms with van der Waals surface area (Å²) in [5.74, 6) is 0. The molecule has 5 nitrogen and oxygen atoms in total. The third-order valence-corrected chi connectivity index (χ3v) is 6.38. The van der Waals surface area contributed by atoms with E-state index in [2.05, 4.69) is 10.2 Å². The van der Waals surface area contributed by atoms with Crippen molar-refractivity contribution in [3.05, 3.63) is 28.2 Å². The molecule has 0 aliphatic carbocycles. The summed E-state index contributed by atoms with van der Waals surface area (Å²) in [4.78, 5) is 2.29. The molecule has 8 heteroatoms. The molecule has 0 radical (unpaired) electrons.